The highest BCUT2D eigenvalue weighted by Crippen LogP contribution is 2.39. The molecule has 2 fully saturated rings. The minimum atomic E-state index is 0.232. The molecule has 3 aliphatic rings. The molecule has 20 heavy (non-hydrogen) atoms. The van der Waals surface area contributed by atoms with E-state index in [1.54, 1.807) is 0 Å². The molecule has 0 aromatic heterocycles. The van der Waals surface area contributed by atoms with Gasteiger partial charge in [-0.05, 0) is 68.2 Å². The fourth-order valence-corrected chi connectivity index (χ4v) is 4.71. The van der Waals surface area contributed by atoms with E-state index in [1.165, 1.54) is 24.0 Å². The number of alkyl halides is 1. The maximum Gasteiger partial charge on any atom is 0.254 e. The summed E-state index contributed by atoms with van der Waals surface area (Å²) in [6.45, 7) is 0. The maximum absolute atomic E-state index is 12.8. The topological polar surface area (TPSA) is 20.3 Å². The lowest BCUT2D eigenvalue weighted by Crippen LogP contribution is -2.46. The minimum Gasteiger partial charge on any atom is -0.333 e. The molecular weight excluding hydrogens is 270 g/mol. The summed E-state index contributed by atoms with van der Waals surface area (Å²) in [7, 11) is 0. The van der Waals surface area contributed by atoms with Crippen molar-refractivity contribution in [2.24, 2.45) is 0 Å². The van der Waals surface area contributed by atoms with Crippen molar-refractivity contribution in [3.05, 3.63) is 34.9 Å². The molecule has 106 valence electrons. The van der Waals surface area contributed by atoms with E-state index in [9.17, 15) is 4.79 Å². The van der Waals surface area contributed by atoms with E-state index in [0.717, 1.165) is 37.7 Å². The maximum atomic E-state index is 12.8. The van der Waals surface area contributed by atoms with Crippen LogP contribution in [0.25, 0.3) is 0 Å². The summed E-state index contributed by atoms with van der Waals surface area (Å²) in [6.07, 6.45) is 7.73. The molecule has 0 N–H and O–H groups in total. The average molecular weight is 290 g/mol. The second kappa shape index (κ2) is 4.77. The molecule has 2 atom stereocenters. The van der Waals surface area contributed by atoms with Crippen LogP contribution in [-0.4, -0.2) is 28.3 Å². The fourth-order valence-electron chi connectivity index (χ4n) is 4.30. The molecule has 2 bridgehead atoms. The van der Waals surface area contributed by atoms with E-state index in [1.807, 2.05) is 6.07 Å². The van der Waals surface area contributed by atoms with Gasteiger partial charge in [0.05, 0.1) is 0 Å². The van der Waals surface area contributed by atoms with Gasteiger partial charge < -0.3 is 4.90 Å². The van der Waals surface area contributed by atoms with Crippen LogP contribution in [0.4, 0.5) is 0 Å². The van der Waals surface area contributed by atoms with Gasteiger partial charge in [0.2, 0.25) is 0 Å². The summed E-state index contributed by atoms with van der Waals surface area (Å²) >= 11 is 6.30. The van der Waals surface area contributed by atoms with Gasteiger partial charge in [0.25, 0.3) is 5.91 Å². The molecular formula is C17H20ClNO. The van der Waals surface area contributed by atoms with Gasteiger partial charge in [-0.2, -0.15) is 0 Å². The Hall–Kier alpha value is -1.02. The van der Waals surface area contributed by atoms with Gasteiger partial charge in [0, 0.05) is 23.0 Å². The second-order valence-corrected chi connectivity index (χ2v) is 7.12. The molecule has 0 spiro atoms. The van der Waals surface area contributed by atoms with Crippen LogP contribution in [0.1, 0.15) is 53.6 Å². The summed E-state index contributed by atoms with van der Waals surface area (Å²) in [4.78, 5) is 15.0. The number of piperidine rings is 1. The molecule has 0 radical (unpaired) electrons. The van der Waals surface area contributed by atoms with Gasteiger partial charge >= 0.3 is 0 Å². The summed E-state index contributed by atoms with van der Waals surface area (Å²) in [5, 5.41) is 0.261. The Morgan fingerprint density at radius 2 is 1.80 bits per heavy atom. The van der Waals surface area contributed by atoms with Crippen molar-refractivity contribution >= 4 is 17.5 Å². The van der Waals surface area contributed by atoms with Crippen molar-refractivity contribution in [1.29, 1.82) is 0 Å². The fraction of sp³-hybridized carbons (Fsp3) is 0.588. The Bertz CT molecular complexity index is 542. The van der Waals surface area contributed by atoms with Crippen molar-refractivity contribution < 1.29 is 4.79 Å². The molecule has 0 saturated carbocycles. The molecule has 3 heteroatoms. The van der Waals surface area contributed by atoms with Crippen LogP contribution in [0.2, 0.25) is 0 Å². The Kier molecular flexibility index (Phi) is 3.03. The van der Waals surface area contributed by atoms with Crippen LogP contribution in [0.3, 0.4) is 0 Å². The smallest absolute Gasteiger partial charge is 0.254 e. The monoisotopic (exact) mass is 289 g/mol. The van der Waals surface area contributed by atoms with Gasteiger partial charge in [0.15, 0.2) is 0 Å². The normalized spacial score (nSPS) is 31.4. The Morgan fingerprint density at radius 3 is 2.55 bits per heavy atom. The third-order valence-electron chi connectivity index (χ3n) is 5.26. The van der Waals surface area contributed by atoms with Crippen LogP contribution in [0, 0.1) is 0 Å². The Morgan fingerprint density at radius 1 is 1.10 bits per heavy atom. The van der Waals surface area contributed by atoms with E-state index >= 15 is 0 Å². The lowest BCUT2D eigenvalue weighted by atomic mass is 9.99. The number of carbonyl (C=O) groups is 1. The molecule has 1 aliphatic carbocycles. The SMILES string of the molecule is O=C(c1ccc2c(c1)CCC2)N1C2CCC1CC(Cl)C2. The Balaban J connectivity index is 1.61. The molecule has 2 saturated heterocycles. The van der Waals surface area contributed by atoms with E-state index in [2.05, 4.69) is 17.0 Å². The molecule has 1 aromatic rings. The number of amides is 1. The third-order valence-corrected chi connectivity index (χ3v) is 5.61. The number of fused-ring (bicyclic) bond motifs is 3. The zero-order valence-corrected chi connectivity index (χ0v) is 12.4. The van der Waals surface area contributed by atoms with Crippen LogP contribution in [0.15, 0.2) is 18.2 Å². The third kappa shape index (κ3) is 1.96. The van der Waals surface area contributed by atoms with Crippen molar-refractivity contribution in [2.45, 2.75) is 62.4 Å². The first-order chi connectivity index (χ1) is 9.72. The summed E-state index contributed by atoms with van der Waals surface area (Å²) in [6, 6.07) is 7.07. The van der Waals surface area contributed by atoms with E-state index in [0.29, 0.717) is 12.1 Å². The van der Waals surface area contributed by atoms with Gasteiger partial charge in [-0.15, -0.1) is 11.6 Å². The van der Waals surface area contributed by atoms with Gasteiger partial charge in [-0.3, -0.25) is 4.79 Å². The van der Waals surface area contributed by atoms with Crippen LogP contribution in [-0.2, 0) is 12.8 Å². The predicted octanol–water partition coefficient (Wildman–Crippen LogP) is 3.55. The molecule has 1 amide bonds. The molecule has 2 heterocycles. The molecule has 2 unspecified atom stereocenters. The molecule has 2 nitrogen and oxygen atoms in total. The highest BCUT2D eigenvalue weighted by Gasteiger charge is 2.42. The molecule has 4 rings (SSSR count). The highest BCUT2D eigenvalue weighted by molar-refractivity contribution is 6.20. The first kappa shape index (κ1) is 12.7. The lowest BCUT2D eigenvalue weighted by molar-refractivity contribution is 0.0599. The van der Waals surface area contributed by atoms with Crippen molar-refractivity contribution in [3.8, 4) is 0 Å². The number of halogens is 1. The van der Waals surface area contributed by atoms with E-state index in [-0.39, 0.29) is 11.3 Å². The number of aryl methyl sites for hydroxylation is 2. The largest absolute Gasteiger partial charge is 0.333 e. The average Bonchev–Trinajstić information content (AvgIpc) is 3.00. The predicted molar refractivity (Wildman–Crippen MR) is 80.3 cm³/mol. The van der Waals surface area contributed by atoms with Crippen molar-refractivity contribution in [2.75, 3.05) is 0 Å². The number of carbonyl (C=O) groups excluding carboxylic acids is 1. The highest BCUT2D eigenvalue weighted by atomic mass is 35.5. The number of hydrogen-bond acceptors (Lipinski definition) is 1. The second-order valence-electron chi connectivity index (χ2n) is 6.50. The van der Waals surface area contributed by atoms with E-state index in [4.69, 9.17) is 11.6 Å². The van der Waals surface area contributed by atoms with Crippen molar-refractivity contribution in [1.82, 2.24) is 4.90 Å². The summed E-state index contributed by atoms with van der Waals surface area (Å²) in [5.41, 5.74) is 3.70. The van der Waals surface area contributed by atoms with Crippen LogP contribution < -0.4 is 0 Å². The quantitative estimate of drug-likeness (QED) is 0.724. The zero-order valence-electron chi connectivity index (χ0n) is 11.6. The number of benzene rings is 1. The Labute approximate surface area is 125 Å². The van der Waals surface area contributed by atoms with Crippen molar-refractivity contribution in [3.63, 3.8) is 0 Å². The zero-order chi connectivity index (χ0) is 13.7. The van der Waals surface area contributed by atoms with Gasteiger partial charge in [0.1, 0.15) is 0 Å². The van der Waals surface area contributed by atoms with Crippen LogP contribution in [0.5, 0.6) is 0 Å². The summed E-state index contributed by atoms with van der Waals surface area (Å²) < 4.78 is 0. The number of nitrogens with zero attached hydrogens (tertiary/aromatic N) is 1. The van der Waals surface area contributed by atoms with Crippen LogP contribution >= 0.6 is 11.6 Å². The first-order valence-electron chi connectivity index (χ1n) is 7.81. The van der Waals surface area contributed by atoms with Gasteiger partial charge in [-0.25, -0.2) is 0 Å². The molecule has 2 aliphatic heterocycles. The lowest BCUT2D eigenvalue weighted by Gasteiger charge is -2.37. The molecule has 1 aromatic carbocycles. The standard InChI is InChI=1S/C17H20ClNO/c18-14-9-15-6-7-16(10-14)19(15)17(20)13-5-4-11-2-1-3-12(11)8-13/h4-5,8,14-16H,1-3,6-7,9-10H2. The number of rotatable bonds is 1. The first-order valence-corrected chi connectivity index (χ1v) is 8.24. The van der Waals surface area contributed by atoms with Gasteiger partial charge in [-0.1, -0.05) is 6.07 Å². The summed E-state index contributed by atoms with van der Waals surface area (Å²) in [5.74, 6) is 0.232. The van der Waals surface area contributed by atoms with E-state index < -0.39 is 0 Å². The number of hydrogen-bond donors (Lipinski definition) is 0. The minimum absolute atomic E-state index is 0.232.